The Morgan fingerprint density at radius 1 is 1.13 bits per heavy atom. The van der Waals surface area contributed by atoms with Crippen LogP contribution in [-0.2, 0) is 10.0 Å². The van der Waals surface area contributed by atoms with E-state index in [4.69, 9.17) is 4.74 Å². The lowest BCUT2D eigenvalue weighted by Gasteiger charge is -2.15. The lowest BCUT2D eigenvalue weighted by molar-refractivity contribution is 0.340. The van der Waals surface area contributed by atoms with E-state index in [2.05, 4.69) is 4.72 Å². The van der Waals surface area contributed by atoms with Gasteiger partial charge in [0.1, 0.15) is 17.4 Å². The highest BCUT2D eigenvalue weighted by molar-refractivity contribution is 7.89. The van der Waals surface area contributed by atoms with Crippen molar-refractivity contribution in [2.75, 3.05) is 6.61 Å². The molecule has 23 heavy (non-hydrogen) atoms. The number of nitrogens with one attached hydrogen (secondary N) is 1. The fraction of sp³-hybridized carbons (Fsp3) is 0.250. The van der Waals surface area contributed by atoms with E-state index in [-0.39, 0.29) is 10.5 Å². The monoisotopic (exact) mass is 341 g/mol. The molecule has 124 valence electrons. The van der Waals surface area contributed by atoms with Crippen molar-refractivity contribution in [3.63, 3.8) is 0 Å². The predicted molar refractivity (Wildman–Crippen MR) is 82.7 cm³/mol. The third kappa shape index (κ3) is 4.27. The van der Waals surface area contributed by atoms with Crippen molar-refractivity contribution < 1.29 is 21.9 Å². The van der Waals surface area contributed by atoms with Gasteiger partial charge in [0.2, 0.25) is 10.0 Å². The zero-order chi connectivity index (χ0) is 17.0. The average molecular weight is 341 g/mol. The van der Waals surface area contributed by atoms with Crippen molar-refractivity contribution in [2.45, 2.75) is 24.8 Å². The van der Waals surface area contributed by atoms with Crippen LogP contribution in [0.5, 0.6) is 5.75 Å². The van der Waals surface area contributed by atoms with Gasteiger partial charge in [-0.1, -0.05) is 6.07 Å². The molecule has 0 saturated carbocycles. The van der Waals surface area contributed by atoms with Gasteiger partial charge in [0.25, 0.3) is 0 Å². The molecular weight excluding hydrogens is 324 g/mol. The van der Waals surface area contributed by atoms with E-state index in [9.17, 15) is 17.2 Å². The van der Waals surface area contributed by atoms with E-state index in [0.717, 1.165) is 12.1 Å². The molecule has 0 aliphatic heterocycles. The fourth-order valence-corrected chi connectivity index (χ4v) is 3.32. The molecule has 0 radical (unpaired) electrons. The highest BCUT2D eigenvalue weighted by atomic mass is 32.2. The summed E-state index contributed by atoms with van der Waals surface area (Å²) >= 11 is 0. The molecule has 0 spiro atoms. The van der Waals surface area contributed by atoms with Gasteiger partial charge in [-0.2, -0.15) is 0 Å². The summed E-state index contributed by atoms with van der Waals surface area (Å²) in [5.41, 5.74) is 0.0703. The first-order valence-corrected chi connectivity index (χ1v) is 8.52. The lowest BCUT2D eigenvalue weighted by atomic mass is 10.1. The summed E-state index contributed by atoms with van der Waals surface area (Å²) in [6, 6.07) is 8.07. The molecule has 7 heteroatoms. The van der Waals surface area contributed by atoms with Gasteiger partial charge in [0.15, 0.2) is 0 Å². The summed E-state index contributed by atoms with van der Waals surface area (Å²) < 4.78 is 58.9. The molecular formula is C16H17F2NO3S. The number of rotatable bonds is 6. The Labute approximate surface area is 134 Å². The molecule has 1 N–H and O–H groups in total. The standard InChI is InChI=1S/C16H17F2NO3S/c1-3-22-13-5-7-14(8-6-13)23(20,21)19-11(2)15-9-4-12(17)10-16(15)18/h4-11,19H,3H2,1-2H3/t11-/m0/s1. The third-order valence-electron chi connectivity index (χ3n) is 3.21. The Hall–Kier alpha value is -1.99. The number of hydrogen-bond donors (Lipinski definition) is 1. The Balaban J connectivity index is 2.19. The minimum atomic E-state index is -3.83. The Morgan fingerprint density at radius 3 is 2.35 bits per heavy atom. The summed E-state index contributed by atoms with van der Waals surface area (Å²) in [4.78, 5) is 0.0373. The zero-order valence-electron chi connectivity index (χ0n) is 12.7. The van der Waals surface area contributed by atoms with Crippen LogP contribution in [0.3, 0.4) is 0 Å². The third-order valence-corrected chi connectivity index (χ3v) is 4.76. The van der Waals surface area contributed by atoms with E-state index in [1.807, 2.05) is 6.92 Å². The van der Waals surface area contributed by atoms with Gasteiger partial charge in [0.05, 0.1) is 11.5 Å². The summed E-state index contributed by atoms with van der Waals surface area (Å²) in [6.45, 7) is 3.79. The van der Waals surface area contributed by atoms with Gasteiger partial charge in [0, 0.05) is 17.7 Å². The lowest BCUT2D eigenvalue weighted by Crippen LogP contribution is -2.27. The second kappa shape index (κ2) is 7.06. The van der Waals surface area contributed by atoms with Crippen LogP contribution >= 0.6 is 0 Å². The molecule has 0 amide bonds. The maximum Gasteiger partial charge on any atom is 0.241 e. The quantitative estimate of drug-likeness (QED) is 0.876. The average Bonchev–Trinajstić information content (AvgIpc) is 2.47. The van der Waals surface area contributed by atoms with Crippen molar-refractivity contribution in [3.05, 3.63) is 59.7 Å². The van der Waals surface area contributed by atoms with E-state index < -0.39 is 27.7 Å². The van der Waals surface area contributed by atoms with Crippen LogP contribution in [0.25, 0.3) is 0 Å². The number of ether oxygens (including phenoxy) is 1. The maximum atomic E-state index is 13.7. The largest absolute Gasteiger partial charge is 0.494 e. The van der Waals surface area contributed by atoms with Crippen molar-refractivity contribution in [2.24, 2.45) is 0 Å². The van der Waals surface area contributed by atoms with Crippen LogP contribution in [0.15, 0.2) is 47.4 Å². The highest BCUT2D eigenvalue weighted by Gasteiger charge is 2.20. The normalized spacial score (nSPS) is 12.9. The van der Waals surface area contributed by atoms with Crippen LogP contribution in [-0.4, -0.2) is 15.0 Å². The summed E-state index contributed by atoms with van der Waals surface area (Å²) in [5.74, 6) is -0.955. The molecule has 0 saturated heterocycles. The van der Waals surface area contributed by atoms with E-state index >= 15 is 0 Å². The molecule has 0 bridgehead atoms. The summed E-state index contributed by atoms with van der Waals surface area (Å²) in [6.07, 6.45) is 0. The zero-order valence-corrected chi connectivity index (χ0v) is 13.5. The van der Waals surface area contributed by atoms with Crippen LogP contribution in [0, 0.1) is 11.6 Å². The van der Waals surface area contributed by atoms with Gasteiger partial charge in [-0.25, -0.2) is 21.9 Å². The molecule has 0 heterocycles. The number of hydrogen-bond acceptors (Lipinski definition) is 3. The molecule has 2 aromatic carbocycles. The summed E-state index contributed by atoms with van der Waals surface area (Å²) in [7, 11) is -3.83. The molecule has 0 fully saturated rings. The molecule has 1 atom stereocenters. The van der Waals surface area contributed by atoms with E-state index in [1.165, 1.54) is 25.1 Å². The van der Waals surface area contributed by atoms with Crippen LogP contribution < -0.4 is 9.46 Å². The molecule has 0 aliphatic carbocycles. The number of halogens is 2. The Kier molecular flexibility index (Phi) is 5.33. The smallest absolute Gasteiger partial charge is 0.241 e. The van der Waals surface area contributed by atoms with Crippen molar-refractivity contribution in [3.8, 4) is 5.75 Å². The Bertz CT molecular complexity index is 776. The van der Waals surface area contributed by atoms with Crippen molar-refractivity contribution >= 4 is 10.0 Å². The van der Waals surface area contributed by atoms with Crippen molar-refractivity contribution in [1.29, 1.82) is 0 Å². The SMILES string of the molecule is CCOc1ccc(S(=O)(=O)N[C@@H](C)c2ccc(F)cc2F)cc1. The van der Waals surface area contributed by atoms with E-state index in [0.29, 0.717) is 12.4 Å². The van der Waals surface area contributed by atoms with Crippen molar-refractivity contribution in [1.82, 2.24) is 4.72 Å². The molecule has 0 aliphatic rings. The molecule has 0 aromatic heterocycles. The topological polar surface area (TPSA) is 55.4 Å². The Morgan fingerprint density at radius 2 is 1.78 bits per heavy atom. The second-order valence-corrected chi connectivity index (χ2v) is 6.63. The fourth-order valence-electron chi connectivity index (χ4n) is 2.10. The first-order chi connectivity index (χ1) is 10.8. The highest BCUT2D eigenvalue weighted by Crippen LogP contribution is 2.21. The molecule has 0 unspecified atom stereocenters. The van der Waals surface area contributed by atoms with Gasteiger partial charge >= 0.3 is 0 Å². The molecule has 4 nitrogen and oxygen atoms in total. The first kappa shape index (κ1) is 17.4. The van der Waals surface area contributed by atoms with Gasteiger partial charge < -0.3 is 4.74 Å². The summed E-state index contributed by atoms with van der Waals surface area (Å²) in [5, 5.41) is 0. The number of sulfonamides is 1. The van der Waals surface area contributed by atoms with Crippen LogP contribution in [0.1, 0.15) is 25.5 Å². The van der Waals surface area contributed by atoms with Crippen LogP contribution in [0.4, 0.5) is 8.78 Å². The minimum absolute atomic E-state index is 0.0373. The van der Waals surface area contributed by atoms with Gasteiger partial charge in [-0.3, -0.25) is 0 Å². The first-order valence-electron chi connectivity index (χ1n) is 7.03. The van der Waals surface area contributed by atoms with E-state index in [1.54, 1.807) is 12.1 Å². The second-order valence-electron chi connectivity index (χ2n) is 4.91. The van der Waals surface area contributed by atoms with Gasteiger partial charge in [-0.05, 0) is 44.2 Å². The predicted octanol–water partition coefficient (Wildman–Crippen LogP) is 3.40. The van der Waals surface area contributed by atoms with Crippen LogP contribution in [0.2, 0.25) is 0 Å². The molecule has 2 aromatic rings. The maximum absolute atomic E-state index is 13.7. The van der Waals surface area contributed by atoms with Gasteiger partial charge in [-0.15, -0.1) is 0 Å². The minimum Gasteiger partial charge on any atom is -0.494 e. The molecule has 2 rings (SSSR count). The number of benzene rings is 2.